The van der Waals surface area contributed by atoms with Gasteiger partial charge in [0.15, 0.2) is 0 Å². The molecule has 0 spiro atoms. The first kappa shape index (κ1) is 8.75. The molecule has 13 heavy (non-hydrogen) atoms. The van der Waals surface area contributed by atoms with Crippen molar-refractivity contribution in [1.82, 2.24) is 14.9 Å². The van der Waals surface area contributed by atoms with E-state index in [1.165, 1.54) is 24.4 Å². The van der Waals surface area contributed by atoms with E-state index in [1.807, 2.05) is 13.2 Å². The number of hydrogen-bond acceptors (Lipinski definition) is 2. The van der Waals surface area contributed by atoms with E-state index in [1.54, 1.807) is 0 Å². The molecule has 0 saturated heterocycles. The third kappa shape index (κ3) is 1.48. The van der Waals surface area contributed by atoms with E-state index in [-0.39, 0.29) is 0 Å². The van der Waals surface area contributed by atoms with Crippen LogP contribution in [0.3, 0.4) is 0 Å². The monoisotopic (exact) mass is 179 g/mol. The lowest BCUT2D eigenvalue weighted by Gasteiger charge is -2.26. The summed E-state index contributed by atoms with van der Waals surface area (Å²) in [4.78, 5) is 4.42. The summed E-state index contributed by atoms with van der Waals surface area (Å²) in [5.41, 5.74) is 1.30. The fraction of sp³-hybridized carbons (Fsp3) is 0.700. The Morgan fingerprint density at radius 1 is 1.69 bits per heavy atom. The number of nitrogens with one attached hydrogen (secondary N) is 1. The Kier molecular flexibility index (Phi) is 2.36. The lowest BCUT2D eigenvalue weighted by molar-refractivity contribution is 0.380. The predicted molar refractivity (Wildman–Crippen MR) is 52.9 cm³/mol. The van der Waals surface area contributed by atoms with Crippen LogP contribution < -0.4 is 5.32 Å². The molecule has 1 aliphatic heterocycles. The molecule has 0 saturated carbocycles. The molecule has 0 bridgehead atoms. The number of imidazole rings is 1. The average Bonchev–Trinajstić information content (AvgIpc) is 2.50. The molecule has 1 unspecified atom stereocenters. The Hall–Kier alpha value is -0.830. The van der Waals surface area contributed by atoms with Crippen molar-refractivity contribution in [2.45, 2.75) is 32.2 Å². The molecule has 2 rings (SSSR count). The van der Waals surface area contributed by atoms with Crippen LogP contribution >= 0.6 is 0 Å². The zero-order valence-corrected chi connectivity index (χ0v) is 8.38. The van der Waals surface area contributed by atoms with Gasteiger partial charge in [-0.25, -0.2) is 4.98 Å². The van der Waals surface area contributed by atoms with Crippen LogP contribution in [0.25, 0.3) is 0 Å². The minimum Gasteiger partial charge on any atom is -0.328 e. The number of likely N-dealkylation sites (N-methyl/N-ethyl adjacent to an activating group) is 1. The number of rotatable bonds is 2. The smallest absolute Gasteiger partial charge is 0.109 e. The Bertz CT molecular complexity index is 290. The van der Waals surface area contributed by atoms with Crippen LogP contribution in [0, 0.1) is 6.92 Å². The summed E-state index contributed by atoms with van der Waals surface area (Å²) in [5.74, 6) is 1.27. The maximum atomic E-state index is 4.42. The van der Waals surface area contributed by atoms with Gasteiger partial charge in [0, 0.05) is 30.9 Å². The number of aryl methyl sites for hydroxylation is 2. The molecule has 1 atom stereocenters. The molecule has 0 aliphatic carbocycles. The molecule has 72 valence electrons. The van der Waals surface area contributed by atoms with E-state index in [0.29, 0.717) is 6.04 Å². The first-order chi connectivity index (χ1) is 6.33. The topological polar surface area (TPSA) is 29.9 Å². The Labute approximate surface area is 79.2 Å². The van der Waals surface area contributed by atoms with Crippen LogP contribution in [0.1, 0.15) is 30.4 Å². The van der Waals surface area contributed by atoms with Gasteiger partial charge in [-0.1, -0.05) is 0 Å². The molecule has 1 aliphatic rings. The summed E-state index contributed by atoms with van der Waals surface area (Å²) in [5, 5.41) is 3.25. The van der Waals surface area contributed by atoms with Crippen molar-refractivity contribution in [2.24, 2.45) is 0 Å². The van der Waals surface area contributed by atoms with E-state index in [9.17, 15) is 0 Å². The van der Waals surface area contributed by atoms with Gasteiger partial charge in [0.05, 0.1) is 0 Å². The van der Waals surface area contributed by atoms with Crippen molar-refractivity contribution < 1.29 is 0 Å². The normalized spacial score (nSPS) is 21.5. The molecule has 1 aromatic heterocycles. The Morgan fingerprint density at radius 2 is 2.54 bits per heavy atom. The molecule has 1 aromatic rings. The van der Waals surface area contributed by atoms with Gasteiger partial charge in [0.2, 0.25) is 0 Å². The highest BCUT2D eigenvalue weighted by Gasteiger charge is 2.20. The lowest BCUT2D eigenvalue weighted by Crippen LogP contribution is -2.27. The van der Waals surface area contributed by atoms with Gasteiger partial charge in [-0.05, 0) is 26.8 Å². The van der Waals surface area contributed by atoms with Crippen LogP contribution in [0.5, 0.6) is 0 Å². The maximum Gasteiger partial charge on any atom is 0.109 e. The maximum absolute atomic E-state index is 4.42. The minimum absolute atomic E-state index is 0.622. The average molecular weight is 179 g/mol. The third-order valence-electron chi connectivity index (χ3n) is 2.80. The summed E-state index contributed by atoms with van der Waals surface area (Å²) in [6.07, 6.45) is 5.70. The third-order valence-corrected chi connectivity index (χ3v) is 2.80. The van der Waals surface area contributed by atoms with Crippen molar-refractivity contribution in [3.8, 4) is 0 Å². The van der Waals surface area contributed by atoms with Crippen LogP contribution in [-0.4, -0.2) is 23.1 Å². The second-order valence-corrected chi connectivity index (χ2v) is 3.79. The fourth-order valence-corrected chi connectivity index (χ4v) is 2.23. The summed E-state index contributed by atoms with van der Waals surface area (Å²) in [6.45, 7) is 3.20. The van der Waals surface area contributed by atoms with E-state index >= 15 is 0 Å². The second kappa shape index (κ2) is 3.50. The van der Waals surface area contributed by atoms with Crippen molar-refractivity contribution in [3.05, 3.63) is 17.7 Å². The predicted octanol–water partition coefficient (Wildman–Crippen LogP) is 1.29. The second-order valence-electron chi connectivity index (χ2n) is 3.79. The van der Waals surface area contributed by atoms with Crippen LogP contribution in [0.2, 0.25) is 0 Å². The molecule has 3 heteroatoms. The van der Waals surface area contributed by atoms with E-state index in [0.717, 1.165) is 13.0 Å². The van der Waals surface area contributed by atoms with Gasteiger partial charge in [-0.15, -0.1) is 0 Å². The first-order valence-electron chi connectivity index (χ1n) is 5.00. The summed E-state index contributed by atoms with van der Waals surface area (Å²) < 4.78 is 2.39. The van der Waals surface area contributed by atoms with Gasteiger partial charge in [-0.3, -0.25) is 0 Å². The van der Waals surface area contributed by atoms with Gasteiger partial charge >= 0.3 is 0 Å². The molecular formula is C10H17N3. The highest BCUT2D eigenvalue weighted by Crippen LogP contribution is 2.25. The van der Waals surface area contributed by atoms with Crippen LogP contribution in [0.15, 0.2) is 6.20 Å². The number of hydrogen-bond donors (Lipinski definition) is 1. The van der Waals surface area contributed by atoms with Crippen molar-refractivity contribution >= 4 is 0 Å². The van der Waals surface area contributed by atoms with E-state index in [4.69, 9.17) is 0 Å². The van der Waals surface area contributed by atoms with E-state index < -0.39 is 0 Å². The molecule has 0 fully saturated rings. The molecule has 0 amide bonds. The summed E-state index contributed by atoms with van der Waals surface area (Å²) >= 11 is 0. The fourth-order valence-electron chi connectivity index (χ4n) is 2.23. The molecule has 1 N–H and O–H groups in total. The molecule has 0 aromatic carbocycles. The lowest BCUT2D eigenvalue weighted by atomic mass is 10.0. The first-order valence-corrected chi connectivity index (χ1v) is 5.00. The quantitative estimate of drug-likeness (QED) is 0.741. The standard InChI is InChI=1S/C10H17N3/c1-8-6-12-10-5-3-4-9(7-11-2)13(8)10/h6,9,11H,3-5,7H2,1-2H3. The Balaban J connectivity index is 2.29. The van der Waals surface area contributed by atoms with Gasteiger partial charge in [0.1, 0.15) is 5.82 Å². The Morgan fingerprint density at radius 3 is 3.31 bits per heavy atom. The van der Waals surface area contributed by atoms with Crippen LogP contribution in [-0.2, 0) is 6.42 Å². The molecule has 2 heterocycles. The highest BCUT2D eigenvalue weighted by molar-refractivity contribution is 5.08. The molecular weight excluding hydrogens is 162 g/mol. The summed E-state index contributed by atoms with van der Waals surface area (Å²) in [6, 6.07) is 0.622. The van der Waals surface area contributed by atoms with Crippen molar-refractivity contribution in [3.63, 3.8) is 0 Å². The minimum atomic E-state index is 0.622. The van der Waals surface area contributed by atoms with Gasteiger partial charge < -0.3 is 9.88 Å². The number of fused-ring (bicyclic) bond motifs is 1. The van der Waals surface area contributed by atoms with Gasteiger partial charge in [0.25, 0.3) is 0 Å². The zero-order valence-electron chi connectivity index (χ0n) is 8.38. The highest BCUT2D eigenvalue weighted by atomic mass is 15.1. The number of nitrogens with zero attached hydrogens (tertiary/aromatic N) is 2. The summed E-state index contributed by atoms with van der Waals surface area (Å²) in [7, 11) is 2.01. The zero-order chi connectivity index (χ0) is 9.26. The molecule has 3 nitrogen and oxygen atoms in total. The molecule has 0 radical (unpaired) electrons. The largest absolute Gasteiger partial charge is 0.328 e. The number of aromatic nitrogens is 2. The van der Waals surface area contributed by atoms with Gasteiger partial charge in [-0.2, -0.15) is 0 Å². The van der Waals surface area contributed by atoms with E-state index in [2.05, 4.69) is 21.8 Å². The van der Waals surface area contributed by atoms with Crippen molar-refractivity contribution in [1.29, 1.82) is 0 Å². The van der Waals surface area contributed by atoms with Crippen LogP contribution in [0.4, 0.5) is 0 Å². The SMILES string of the molecule is CNCC1CCCc2ncc(C)n21. The van der Waals surface area contributed by atoms with Crippen molar-refractivity contribution in [2.75, 3.05) is 13.6 Å².